The number of benzene rings is 2. The summed E-state index contributed by atoms with van der Waals surface area (Å²) in [5.41, 5.74) is -0.0629. The van der Waals surface area contributed by atoms with Gasteiger partial charge in [0.25, 0.3) is 0 Å². The molecule has 1 aromatic heterocycles. The van der Waals surface area contributed by atoms with E-state index in [4.69, 9.17) is 21.4 Å². The van der Waals surface area contributed by atoms with Gasteiger partial charge in [-0.3, -0.25) is 0 Å². The second kappa shape index (κ2) is 12.3. The van der Waals surface area contributed by atoms with Crippen LogP contribution in [0.1, 0.15) is 33.6 Å². The van der Waals surface area contributed by atoms with Gasteiger partial charge in [-0.05, 0) is 42.2 Å². The average molecular weight is 633 g/mol. The Hall–Kier alpha value is -3.33. The molecule has 3 N–H and O–H groups in total. The predicted molar refractivity (Wildman–Crippen MR) is 147 cm³/mol. The zero-order valence-corrected chi connectivity index (χ0v) is 23.5. The first-order valence-electron chi connectivity index (χ1n) is 12.2. The first-order chi connectivity index (χ1) is 19.3. The number of alkyl halides is 3. The van der Waals surface area contributed by atoms with Crippen LogP contribution in [-0.4, -0.2) is 60.6 Å². The molecule has 0 aliphatic carbocycles. The lowest BCUT2D eigenvalue weighted by Crippen LogP contribution is -2.42. The number of sulfonamides is 1. The summed E-state index contributed by atoms with van der Waals surface area (Å²) >= 11 is 7.21. The van der Waals surface area contributed by atoms with Crippen molar-refractivity contribution in [2.75, 3.05) is 25.0 Å². The van der Waals surface area contributed by atoms with Gasteiger partial charge in [0.1, 0.15) is 5.02 Å². The van der Waals surface area contributed by atoms with Gasteiger partial charge in [0.15, 0.2) is 17.2 Å². The zero-order chi connectivity index (χ0) is 29.9. The van der Waals surface area contributed by atoms with Gasteiger partial charge in [-0.15, -0.1) is 11.3 Å². The van der Waals surface area contributed by atoms with Crippen LogP contribution in [0, 0.1) is 0 Å². The van der Waals surface area contributed by atoms with Crippen LogP contribution >= 0.6 is 22.9 Å². The Kier molecular flexibility index (Phi) is 9.16. The number of nitrogens with one attached hydrogen (secondary N) is 1. The zero-order valence-electron chi connectivity index (χ0n) is 21.2. The number of carbonyl (C=O) groups is 2. The summed E-state index contributed by atoms with van der Waals surface area (Å²) in [5.74, 6) is -3.59. The third kappa shape index (κ3) is 7.31. The maximum Gasteiger partial charge on any atom is 0.416 e. The van der Waals surface area contributed by atoms with E-state index in [1.54, 1.807) is 24.3 Å². The highest BCUT2D eigenvalue weighted by Gasteiger charge is 2.36. The van der Waals surface area contributed by atoms with E-state index in [0.717, 1.165) is 17.4 Å². The molecule has 1 aliphatic rings. The second-order valence-electron chi connectivity index (χ2n) is 9.20. The fraction of sp³-hybridized carbons (Fsp3) is 0.308. The number of carboxylic acid groups (broad SMARTS) is 2. The van der Waals surface area contributed by atoms with Crippen molar-refractivity contribution in [3.8, 4) is 16.2 Å². The number of aliphatic carboxylic acids is 1. The van der Waals surface area contributed by atoms with Crippen LogP contribution in [-0.2, 0) is 26.7 Å². The highest BCUT2D eigenvalue weighted by molar-refractivity contribution is 7.88. The molecule has 4 rings (SSSR count). The molecular weight excluding hydrogens is 609 g/mol. The standard InChI is InChI=1S/C26H24ClF3N2O7S2/c27-21-22(39-13-20(33)34)24(25(35)36)40-23(21)15-5-3-6-18(12-15)31-17-8-10-32(11-9-17)41(37,38)14-16-4-1-2-7-19(16)26(28,29)30/h1-7,12,17,31H,8-11,13-14H2,(H,33,34)(H,35,36). The number of anilines is 1. The van der Waals surface area contributed by atoms with Crippen molar-refractivity contribution in [3.05, 3.63) is 69.6 Å². The maximum atomic E-state index is 13.3. The number of aromatic carboxylic acids is 1. The second-order valence-corrected chi connectivity index (χ2v) is 12.6. The fourth-order valence-corrected chi connectivity index (χ4v) is 7.46. The van der Waals surface area contributed by atoms with Gasteiger partial charge in [0.2, 0.25) is 10.0 Å². The van der Waals surface area contributed by atoms with Crippen LogP contribution in [0.25, 0.3) is 10.4 Å². The molecule has 0 atom stereocenters. The van der Waals surface area contributed by atoms with Crippen molar-refractivity contribution in [1.82, 2.24) is 4.31 Å². The van der Waals surface area contributed by atoms with E-state index >= 15 is 0 Å². The van der Waals surface area contributed by atoms with Crippen LogP contribution in [0.4, 0.5) is 18.9 Å². The first kappa shape index (κ1) is 30.6. The van der Waals surface area contributed by atoms with Crippen LogP contribution in [0.5, 0.6) is 5.75 Å². The monoisotopic (exact) mass is 632 g/mol. The molecule has 0 amide bonds. The van der Waals surface area contributed by atoms with Crippen molar-refractivity contribution in [3.63, 3.8) is 0 Å². The molecule has 2 aromatic carbocycles. The summed E-state index contributed by atoms with van der Waals surface area (Å²) < 4.78 is 72.2. The molecule has 2 heterocycles. The smallest absolute Gasteiger partial charge is 0.416 e. The lowest BCUT2D eigenvalue weighted by Gasteiger charge is -2.32. The van der Waals surface area contributed by atoms with E-state index in [9.17, 15) is 36.3 Å². The van der Waals surface area contributed by atoms with Crippen LogP contribution < -0.4 is 10.1 Å². The molecule has 9 nitrogen and oxygen atoms in total. The Morgan fingerprint density at radius 3 is 2.41 bits per heavy atom. The minimum absolute atomic E-state index is 0.0311. The number of piperidine rings is 1. The minimum atomic E-state index is -4.66. The summed E-state index contributed by atoms with van der Waals surface area (Å²) in [6, 6.07) is 11.4. The predicted octanol–water partition coefficient (Wildman–Crippen LogP) is 5.66. The Labute approximate surface area is 242 Å². The number of hydrogen-bond donors (Lipinski definition) is 3. The number of carboxylic acids is 2. The lowest BCUT2D eigenvalue weighted by molar-refractivity contribution is -0.139. The Morgan fingerprint density at radius 2 is 1.78 bits per heavy atom. The molecule has 0 spiro atoms. The van der Waals surface area contributed by atoms with E-state index in [1.807, 2.05) is 0 Å². The quantitative estimate of drug-likeness (QED) is 0.261. The SMILES string of the molecule is O=C(O)COc1c(C(=O)O)sc(-c2cccc(NC3CCN(S(=O)(=O)Cc4ccccc4C(F)(F)F)CC3)c2)c1Cl. The third-order valence-corrected chi connectivity index (χ3v) is 9.86. The number of nitrogens with zero attached hydrogens (tertiary/aromatic N) is 1. The van der Waals surface area contributed by atoms with Gasteiger partial charge in [0.05, 0.1) is 16.2 Å². The third-order valence-electron chi connectivity index (χ3n) is 6.35. The van der Waals surface area contributed by atoms with E-state index in [1.165, 1.54) is 22.5 Å². The van der Waals surface area contributed by atoms with E-state index in [2.05, 4.69) is 5.32 Å². The molecule has 0 saturated carbocycles. The summed E-state index contributed by atoms with van der Waals surface area (Å²) in [7, 11) is -3.99. The Morgan fingerprint density at radius 1 is 1.10 bits per heavy atom. The van der Waals surface area contributed by atoms with Crippen LogP contribution in [0.2, 0.25) is 5.02 Å². The lowest BCUT2D eigenvalue weighted by atomic mass is 10.1. The van der Waals surface area contributed by atoms with Crippen LogP contribution in [0.3, 0.4) is 0 Å². The minimum Gasteiger partial charge on any atom is -0.479 e. The molecule has 0 radical (unpaired) electrons. The molecule has 0 bridgehead atoms. The molecular formula is C26H24ClF3N2O7S2. The van der Waals surface area contributed by atoms with E-state index in [-0.39, 0.29) is 40.3 Å². The van der Waals surface area contributed by atoms with Crippen molar-refractivity contribution in [2.24, 2.45) is 0 Å². The molecule has 41 heavy (non-hydrogen) atoms. The summed E-state index contributed by atoms with van der Waals surface area (Å²) in [6.07, 6.45) is -3.85. The van der Waals surface area contributed by atoms with E-state index in [0.29, 0.717) is 29.0 Å². The van der Waals surface area contributed by atoms with Gasteiger partial charge >= 0.3 is 18.1 Å². The number of hydrogen-bond acceptors (Lipinski definition) is 7. The molecule has 220 valence electrons. The van der Waals surface area contributed by atoms with Crippen molar-refractivity contribution < 1.29 is 46.1 Å². The number of thiophene rings is 1. The number of ether oxygens (including phenoxy) is 1. The van der Waals surface area contributed by atoms with Crippen molar-refractivity contribution >= 4 is 50.6 Å². The van der Waals surface area contributed by atoms with Gasteiger partial charge < -0.3 is 20.3 Å². The average Bonchev–Trinajstić information content (AvgIpc) is 3.23. The van der Waals surface area contributed by atoms with Gasteiger partial charge in [-0.2, -0.15) is 13.2 Å². The van der Waals surface area contributed by atoms with E-state index < -0.39 is 46.1 Å². The molecule has 1 aliphatic heterocycles. The van der Waals surface area contributed by atoms with Gasteiger partial charge in [-0.1, -0.05) is 41.9 Å². The van der Waals surface area contributed by atoms with Gasteiger partial charge in [0, 0.05) is 24.8 Å². The van der Waals surface area contributed by atoms with Crippen molar-refractivity contribution in [1.29, 1.82) is 0 Å². The summed E-state index contributed by atoms with van der Waals surface area (Å²) in [6.45, 7) is -0.519. The summed E-state index contributed by atoms with van der Waals surface area (Å²) in [5, 5.41) is 21.7. The largest absolute Gasteiger partial charge is 0.479 e. The summed E-state index contributed by atoms with van der Waals surface area (Å²) in [4.78, 5) is 22.7. The number of rotatable bonds is 10. The van der Waals surface area contributed by atoms with Crippen LogP contribution in [0.15, 0.2) is 48.5 Å². The normalized spacial score (nSPS) is 15.0. The molecule has 3 aromatic rings. The first-order valence-corrected chi connectivity index (χ1v) is 15.0. The molecule has 15 heteroatoms. The maximum absolute atomic E-state index is 13.3. The molecule has 1 saturated heterocycles. The van der Waals surface area contributed by atoms with Gasteiger partial charge in [-0.25, -0.2) is 22.3 Å². The fourth-order valence-electron chi connectivity index (χ4n) is 4.46. The molecule has 0 unspecified atom stereocenters. The Balaban J connectivity index is 1.43. The highest BCUT2D eigenvalue weighted by atomic mass is 35.5. The Bertz CT molecular complexity index is 1550. The topological polar surface area (TPSA) is 133 Å². The molecule has 1 fully saturated rings. The van der Waals surface area contributed by atoms with Crippen molar-refractivity contribution in [2.45, 2.75) is 30.8 Å². The number of halogens is 4. The highest BCUT2D eigenvalue weighted by Crippen LogP contribution is 2.46.